The van der Waals surface area contributed by atoms with Gasteiger partial charge in [-0.25, -0.2) is 13.4 Å². The van der Waals surface area contributed by atoms with Crippen molar-refractivity contribution in [2.24, 2.45) is 0 Å². The molecule has 1 aliphatic heterocycles. The molecule has 1 fully saturated rings. The number of amides is 1. The Labute approximate surface area is 203 Å². The number of hydrogen-bond donors (Lipinski definition) is 1. The van der Waals surface area contributed by atoms with Gasteiger partial charge >= 0.3 is 0 Å². The number of sulfonamides is 1. The van der Waals surface area contributed by atoms with E-state index in [1.165, 1.54) is 4.31 Å². The minimum Gasteiger partial charge on any atom is -0.379 e. The smallest absolute Gasteiger partial charge is 0.252 e. The highest BCUT2D eigenvalue weighted by atomic mass is 32.2. The maximum atomic E-state index is 13.2. The van der Waals surface area contributed by atoms with Crippen LogP contribution in [-0.4, -0.2) is 54.9 Å². The van der Waals surface area contributed by atoms with Crippen LogP contribution in [0.2, 0.25) is 0 Å². The van der Waals surface area contributed by atoms with Gasteiger partial charge in [0, 0.05) is 43.0 Å². The van der Waals surface area contributed by atoms with Gasteiger partial charge in [0.25, 0.3) is 5.91 Å². The molecule has 1 N–H and O–H groups in total. The zero-order chi connectivity index (χ0) is 24.3. The Balaban J connectivity index is 1.34. The summed E-state index contributed by atoms with van der Waals surface area (Å²) in [5, 5.41) is 3.71. The van der Waals surface area contributed by atoms with Crippen LogP contribution in [0.15, 0.2) is 84.0 Å². The second-order valence-electron chi connectivity index (χ2n) is 8.15. The summed E-state index contributed by atoms with van der Waals surface area (Å²) in [6, 6.07) is 19.6. The summed E-state index contributed by atoms with van der Waals surface area (Å²) in [6.07, 6.45) is 3.38. The molecule has 1 amide bonds. The van der Waals surface area contributed by atoms with E-state index in [1.807, 2.05) is 36.4 Å². The molecule has 35 heavy (non-hydrogen) atoms. The van der Waals surface area contributed by atoms with Crippen LogP contribution in [0.5, 0.6) is 0 Å². The number of carbonyl (C=O) groups is 1. The van der Waals surface area contributed by atoms with Crippen LogP contribution in [0.1, 0.15) is 15.9 Å². The van der Waals surface area contributed by atoms with Crippen LogP contribution in [0.25, 0.3) is 22.2 Å². The molecule has 0 saturated carbocycles. The number of morpholine rings is 1. The zero-order valence-electron chi connectivity index (χ0n) is 18.9. The van der Waals surface area contributed by atoms with Gasteiger partial charge in [0.2, 0.25) is 10.0 Å². The van der Waals surface area contributed by atoms with Crippen molar-refractivity contribution in [3.8, 4) is 11.3 Å². The second-order valence-corrected chi connectivity index (χ2v) is 10.1. The molecule has 8 nitrogen and oxygen atoms in total. The highest BCUT2D eigenvalue weighted by molar-refractivity contribution is 7.89. The summed E-state index contributed by atoms with van der Waals surface area (Å²) >= 11 is 0. The first-order valence-corrected chi connectivity index (χ1v) is 12.7. The number of ether oxygens (including phenoxy) is 1. The standard InChI is InChI=1S/C26H24N4O4S/c31-26(23-17-25(20-9-11-27-12-10-20)29-24-4-2-1-3-22(23)24)28-18-19-5-7-21(8-6-19)35(32,33)30-13-15-34-16-14-30/h1-12,17H,13-16,18H2,(H,28,31). The molecular weight excluding hydrogens is 464 g/mol. The molecule has 3 heterocycles. The molecule has 0 atom stereocenters. The van der Waals surface area contributed by atoms with Gasteiger partial charge in [0.1, 0.15) is 0 Å². The molecule has 4 aromatic rings. The Morgan fingerprint density at radius 2 is 1.69 bits per heavy atom. The normalized spacial score (nSPS) is 14.6. The number of pyridine rings is 2. The van der Waals surface area contributed by atoms with Gasteiger partial charge in [-0.05, 0) is 42.0 Å². The van der Waals surface area contributed by atoms with Crippen LogP contribution >= 0.6 is 0 Å². The van der Waals surface area contributed by atoms with E-state index < -0.39 is 10.0 Å². The van der Waals surface area contributed by atoms with Crippen molar-refractivity contribution in [1.29, 1.82) is 0 Å². The fourth-order valence-electron chi connectivity index (χ4n) is 4.03. The number of fused-ring (bicyclic) bond motifs is 1. The number of rotatable bonds is 6. The predicted octanol–water partition coefficient (Wildman–Crippen LogP) is 3.25. The Hall–Kier alpha value is -3.66. The number of nitrogens with zero attached hydrogens (tertiary/aromatic N) is 3. The van der Waals surface area contributed by atoms with Crippen molar-refractivity contribution in [3.63, 3.8) is 0 Å². The number of hydrogen-bond acceptors (Lipinski definition) is 6. The van der Waals surface area contributed by atoms with Crippen LogP contribution in [0, 0.1) is 0 Å². The minimum atomic E-state index is -3.55. The lowest BCUT2D eigenvalue weighted by Gasteiger charge is -2.26. The lowest BCUT2D eigenvalue weighted by Crippen LogP contribution is -2.40. The Kier molecular flexibility index (Phi) is 6.54. The first kappa shape index (κ1) is 23.1. The molecule has 0 unspecified atom stereocenters. The largest absolute Gasteiger partial charge is 0.379 e. The quantitative estimate of drug-likeness (QED) is 0.447. The molecule has 0 radical (unpaired) electrons. The molecule has 9 heteroatoms. The maximum absolute atomic E-state index is 13.2. The first-order valence-electron chi connectivity index (χ1n) is 11.3. The van der Waals surface area contributed by atoms with E-state index in [2.05, 4.69) is 10.3 Å². The molecule has 2 aromatic heterocycles. The molecule has 1 saturated heterocycles. The molecule has 5 rings (SSSR count). The van der Waals surface area contributed by atoms with Crippen molar-refractivity contribution in [2.75, 3.05) is 26.3 Å². The summed E-state index contributed by atoms with van der Waals surface area (Å²) in [6.45, 7) is 1.76. The number of aromatic nitrogens is 2. The molecule has 2 aromatic carbocycles. The van der Waals surface area contributed by atoms with E-state index in [0.29, 0.717) is 37.6 Å². The van der Waals surface area contributed by atoms with Gasteiger partial charge < -0.3 is 10.1 Å². The third kappa shape index (κ3) is 4.93. The number of benzene rings is 2. The van der Waals surface area contributed by atoms with E-state index in [0.717, 1.165) is 22.0 Å². The molecular formula is C26H24N4O4S. The van der Waals surface area contributed by atoms with Crippen molar-refractivity contribution < 1.29 is 17.9 Å². The monoisotopic (exact) mass is 488 g/mol. The Bertz CT molecular complexity index is 1450. The summed E-state index contributed by atoms with van der Waals surface area (Å²) in [5.41, 5.74) is 3.61. The third-order valence-corrected chi connectivity index (χ3v) is 7.83. The van der Waals surface area contributed by atoms with Gasteiger partial charge in [-0.2, -0.15) is 4.31 Å². The van der Waals surface area contributed by atoms with Crippen molar-refractivity contribution >= 4 is 26.8 Å². The van der Waals surface area contributed by atoms with Gasteiger partial charge in [-0.3, -0.25) is 9.78 Å². The number of nitrogens with one attached hydrogen (secondary N) is 1. The fourth-order valence-corrected chi connectivity index (χ4v) is 5.43. The van der Waals surface area contributed by atoms with E-state index >= 15 is 0 Å². The van der Waals surface area contributed by atoms with E-state index in [1.54, 1.807) is 42.7 Å². The molecule has 0 aliphatic carbocycles. The minimum absolute atomic E-state index is 0.232. The SMILES string of the molecule is O=C(NCc1ccc(S(=O)(=O)N2CCOCC2)cc1)c1cc(-c2ccncc2)nc2ccccc12. The highest BCUT2D eigenvalue weighted by Crippen LogP contribution is 2.25. The highest BCUT2D eigenvalue weighted by Gasteiger charge is 2.26. The molecule has 1 aliphatic rings. The summed E-state index contributed by atoms with van der Waals surface area (Å²) in [7, 11) is -3.55. The van der Waals surface area contributed by atoms with Crippen molar-refractivity contribution in [2.45, 2.75) is 11.4 Å². The van der Waals surface area contributed by atoms with Crippen LogP contribution in [0.3, 0.4) is 0 Å². The average Bonchev–Trinajstić information content (AvgIpc) is 2.92. The van der Waals surface area contributed by atoms with E-state index in [4.69, 9.17) is 9.72 Å². The van der Waals surface area contributed by atoms with E-state index in [9.17, 15) is 13.2 Å². The van der Waals surface area contributed by atoms with Crippen LogP contribution < -0.4 is 5.32 Å². The molecule has 178 valence electrons. The first-order chi connectivity index (χ1) is 17.0. The van der Waals surface area contributed by atoms with Gasteiger partial charge in [0.05, 0.1) is 34.9 Å². The van der Waals surface area contributed by atoms with Gasteiger partial charge in [-0.15, -0.1) is 0 Å². The van der Waals surface area contributed by atoms with Gasteiger partial charge in [0.15, 0.2) is 0 Å². The molecule has 0 bridgehead atoms. The second kappa shape index (κ2) is 9.91. The number of para-hydroxylation sites is 1. The Morgan fingerprint density at radius 1 is 0.971 bits per heavy atom. The lowest BCUT2D eigenvalue weighted by atomic mass is 10.0. The van der Waals surface area contributed by atoms with Crippen LogP contribution in [0.4, 0.5) is 0 Å². The van der Waals surface area contributed by atoms with Crippen molar-refractivity contribution in [1.82, 2.24) is 19.6 Å². The number of carbonyl (C=O) groups excluding carboxylic acids is 1. The van der Waals surface area contributed by atoms with Crippen molar-refractivity contribution in [3.05, 3.63) is 90.3 Å². The summed E-state index contributed by atoms with van der Waals surface area (Å²) < 4.78 is 32.3. The summed E-state index contributed by atoms with van der Waals surface area (Å²) in [4.78, 5) is 22.2. The fraction of sp³-hybridized carbons (Fsp3) is 0.192. The van der Waals surface area contributed by atoms with E-state index in [-0.39, 0.29) is 17.3 Å². The maximum Gasteiger partial charge on any atom is 0.252 e. The average molecular weight is 489 g/mol. The van der Waals surface area contributed by atoms with Crippen LogP contribution in [-0.2, 0) is 21.3 Å². The lowest BCUT2D eigenvalue weighted by molar-refractivity contribution is 0.0730. The molecule has 0 spiro atoms. The topological polar surface area (TPSA) is 101 Å². The van der Waals surface area contributed by atoms with Gasteiger partial charge in [-0.1, -0.05) is 30.3 Å². The Morgan fingerprint density at radius 3 is 2.43 bits per heavy atom. The zero-order valence-corrected chi connectivity index (χ0v) is 19.7. The predicted molar refractivity (Wildman–Crippen MR) is 132 cm³/mol. The third-order valence-electron chi connectivity index (χ3n) is 5.92. The summed E-state index contributed by atoms with van der Waals surface area (Å²) in [5.74, 6) is -0.232.